The SMILES string of the molecule is CC1(C)Oc2cnc(NC3CCN(S(C)(=O)=O)CC3)nc2NC1=O.OC1CCCC1. The van der Waals surface area contributed by atoms with E-state index in [9.17, 15) is 13.2 Å². The number of fused-ring (bicyclic) bond motifs is 1. The van der Waals surface area contributed by atoms with Crippen LogP contribution < -0.4 is 15.4 Å². The van der Waals surface area contributed by atoms with E-state index < -0.39 is 15.6 Å². The standard InChI is InChI=1S/C14H21N5O4S.C5H10O/c1-14(2)12(20)17-11-10(23-14)8-15-13(18-11)16-9-4-6-19(7-5-9)24(3,21)22;6-5-3-1-2-4-5/h8-9H,4-7H2,1-3H3,(H2,15,16,17,18,20);5-6H,1-4H2. The van der Waals surface area contributed by atoms with Gasteiger partial charge in [0.15, 0.2) is 17.2 Å². The Morgan fingerprint density at radius 1 is 1.23 bits per heavy atom. The molecule has 0 atom stereocenters. The van der Waals surface area contributed by atoms with Crippen LogP contribution in [0.2, 0.25) is 0 Å². The minimum Gasteiger partial charge on any atom is -0.472 e. The molecule has 1 saturated carbocycles. The van der Waals surface area contributed by atoms with E-state index in [2.05, 4.69) is 20.6 Å². The number of rotatable bonds is 3. The van der Waals surface area contributed by atoms with E-state index in [1.807, 2.05) is 0 Å². The van der Waals surface area contributed by atoms with Crippen LogP contribution in [0.25, 0.3) is 0 Å². The highest BCUT2D eigenvalue weighted by Gasteiger charge is 2.36. The lowest BCUT2D eigenvalue weighted by Gasteiger charge is -2.32. The van der Waals surface area contributed by atoms with Gasteiger partial charge in [0.25, 0.3) is 5.91 Å². The lowest BCUT2D eigenvalue weighted by molar-refractivity contribution is -0.129. The number of amides is 1. The highest BCUT2D eigenvalue weighted by molar-refractivity contribution is 7.88. The first-order valence-corrected chi connectivity index (χ1v) is 12.2. The summed E-state index contributed by atoms with van der Waals surface area (Å²) in [7, 11) is -3.14. The van der Waals surface area contributed by atoms with Crippen molar-refractivity contribution in [3.05, 3.63) is 6.20 Å². The van der Waals surface area contributed by atoms with E-state index in [-0.39, 0.29) is 18.1 Å². The molecule has 0 unspecified atom stereocenters. The maximum Gasteiger partial charge on any atom is 0.269 e. The predicted octanol–water partition coefficient (Wildman–Crippen LogP) is 1.34. The van der Waals surface area contributed by atoms with Gasteiger partial charge in [-0.1, -0.05) is 12.8 Å². The number of hydrogen-bond donors (Lipinski definition) is 3. The molecule has 3 aliphatic rings. The molecule has 1 aliphatic carbocycles. The minimum atomic E-state index is -3.14. The molecule has 4 rings (SSSR count). The monoisotopic (exact) mass is 441 g/mol. The third-order valence-corrected chi connectivity index (χ3v) is 6.78. The molecule has 2 fully saturated rings. The maximum atomic E-state index is 11.9. The Morgan fingerprint density at radius 3 is 2.40 bits per heavy atom. The molecule has 0 spiro atoms. The molecule has 1 aromatic heterocycles. The van der Waals surface area contributed by atoms with Crippen LogP contribution >= 0.6 is 0 Å². The molecule has 0 radical (unpaired) electrons. The van der Waals surface area contributed by atoms with Crippen molar-refractivity contribution < 1.29 is 23.1 Å². The third-order valence-electron chi connectivity index (χ3n) is 5.48. The summed E-state index contributed by atoms with van der Waals surface area (Å²) in [4.78, 5) is 20.4. The molecule has 30 heavy (non-hydrogen) atoms. The van der Waals surface area contributed by atoms with Gasteiger partial charge in [0.2, 0.25) is 16.0 Å². The van der Waals surface area contributed by atoms with Crippen LogP contribution in [0.4, 0.5) is 11.8 Å². The van der Waals surface area contributed by atoms with Crippen LogP contribution in [-0.4, -0.2) is 70.8 Å². The van der Waals surface area contributed by atoms with Gasteiger partial charge in [0.05, 0.1) is 18.6 Å². The second-order valence-corrected chi connectivity index (χ2v) is 10.5. The highest BCUT2D eigenvalue weighted by Crippen LogP contribution is 2.32. The van der Waals surface area contributed by atoms with Gasteiger partial charge in [-0.15, -0.1) is 0 Å². The lowest BCUT2D eigenvalue weighted by atomic mass is 10.1. The first-order valence-electron chi connectivity index (χ1n) is 10.3. The van der Waals surface area contributed by atoms with Crippen LogP contribution in [-0.2, 0) is 14.8 Å². The van der Waals surface area contributed by atoms with Crippen molar-refractivity contribution in [2.24, 2.45) is 0 Å². The number of aromatic nitrogens is 2. The predicted molar refractivity (Wildman–Crippen MR) is 113 cm³/mol. The maximum absolute atomic E-state index is 11.9. The van der Waals surface area contributed by atoms with Gasteiger partial charge in [-0.05, 0) is 39.5 Å². The molecule has 0 aromatic carbocycles. The van der Waals surface area contributed by atoms with E-state index in [0.717, 1.165) is 12.8 Å². The number of carbonyl (C=O) groups excluding carboxylic acids is 1. The molecule has 3 N–H and O–H groups in total. The molecule has 11 heteroatoms. The lowest BCUT2D eigenvalue weighted by Crippen LogP contribution is -2.46. The van der Waals surface area contributed by atoms with Crippen molar-refractivity contribution in [2.75, 3.05) is 30.0 Å². The van der Waals surface area contributed by atoms with Gasteiger partial charge >= 0.3 is 0 Å². The normalized spacial score (nSPS) is 22.3. The number of nitrogens with zero attached hydrogens (tertiary/aromatic N) is 3. The number of nitrogens with one attached hydrogen (secondary N) is 2. The molecule has 10 nitrogen and oxygen atoms in total. The van der Waals surface area contributed by atoms with Gasteiger partial charge in [0, 0.05) is 19.1 Å². The van der Waals surface area contributed by atoms with Gasteiger partial charge < -0.3 is 20.5 Å². The fourth-order valence-electron chi connectivity index (χ4n) is 3.60. The number of sulfonamides is 1. The van der Waals surface area contributed by atoms with Crippen LogP contribution in [0.15, 0.2) is 6.20 Å². The Bertz CT molecular complexity index is 862. The molecule has 1 aromatic rings. The van der Waals surface area contributed by atoms with Crippen molar-refractivity contribution in [3.63, 3.8) is 0 Å². The number of piperidine rings is 1. The molecule has 2 aliphatic heterocycles. The third kappa shape index (κ3) is 5.79. The summed E-state index contributed by atoms with van der Waals surface area (Å²) in [5.41, 5.74) is -0.955. The summed E-state index contributed by atoms with van der Waals surface area (Å²) in [5.74, 6) is 0.888. The second-order valence-electron chi connectivity index (χ2n) is 8.49. The fourth-order valence-corrected chi connectivity index (χ4v) is 4.48. The average Bonchev–Trinajstić information content (AvgIpc) is 3.14. The molecule has 168 valence electrons. The van der Waals surface area contributed by atoms with Crippen molar-refractivity contribution in [2.45, 2.75) is 70.1 Å². The number of anilines is 2. The average molecular weight is 442 g/mol. The first kappa shape index (κ1) is 22.7. The van der Waals surface area contributed by atoms with E-state index in [1.165, 1.54) is 29.6 Å². The Hall–Kier alpha value is -1.98. The van der Waals surface area contributed by atoms with Gasteiger partial charge in [-0.25, -0.2) is 17.7 Å². The van der Waals surface area contributed by atoms with Crippen molar-refractivity contribution in [1.82, 2.24) is 14.3 Å². The molecule has 1 saturated heterocycles. The summed E-state index contributed by atoms with van der Waals surface area (Å²) in [6, 6.07) is 0.0812. The summed E-state index contributed by atoms with van der Waals surface area (Å²) in [6.07, 6.45) is 8.69. The zero-order chi connectivity index (χ0) is 21.9. The zero-order valence-electron chi connectivity index (χ0n) is 17.7. The summed E-state index contributed by atoms with van der Waals surface area (Å²) in [6.45, 7) is 4.28. The quantitative estimate of drug-likeness (QED) is 0.640. The largest absolute Gasteiger partial charge is 0.472 e. The van der Waals surface area contributed by atoms with E-state index in [0.29, 0.717) is 43.4 Å². The highest BCUT2D eigenvalue weighted by atomic mass is 32.2. The zero-order valence-corrected chi connectivity index (χ0v) is 18.5. The fraction of sp³-hybridized carbons (Fsp3) is 0.737. The number of aliphatic hydroxyl groups excluding tert-OH is 1. The molecule has 1 amide bonds. The Balaban J connectivity index is 0.000000367. The van der Waals surface area contributed by atoms with E-state index in [1.54, 1.807) is 13.8 Å². The van der Waals surface area contributed by atoms with E-state index in [4.69, 9.17) is 9.84 Å². The van der Waals surface area contributed by atoms with Crippen molar-refractivity contribution >= 4 is 27.7 Å². The summed E-state index contributed by atoms with van der Waals surface area (Å²) < 4.78 is 30.1. The number of aliphatic hydroxyl groups is 1. The van der Waals surface area contributed by atoms with E-state index >= 15 is 0 Å². The minimum absolute atomic E-state index is 0.0463. The molecular formula is C19H31N5O5S. The Kier molecular flexibility index (Phi) is 6.83. The summed E-state index contributed by atoms with van der Waals surface area (Å²) >= 11 is 0. The Morgan fingerprint density at radius 2 is 1.87 bits per heavy atom. The van der Waals surface area contributed by atoms with Crippen LogP contribution in [0.5, 0.6) is 5.75 Å². The Labute approximate surface area is 177 Å². The first-order chi connectivity index (χ1) is 14.0. The number of hydrogen-bond acceptors (Lipinski definition) is 8. The smallest absolute Gasteiger partial charge is 0.269 e. The summed E-state index contributed by atoms with van der Waals surface area (Å²) in [5, 5.41) is 14.6. The molecular weight excluding hydrogens is 410 g/mol. The topological polar surface area (TPSA) is 134 Å². The van der Waals surface area contributed by atoms with Crippen LogP contribution in [0.1, 0.15) is 52.4 Å². The number of carbonyl (C=O) groups is 1. The van der Waals surface area contributed by atoms with Gasteiger partial charge in [-0.3, -0.25) is 4.79 Å². The van der Waals surface area contributed by atoms with Gasteiger partial charge in [-0.2, -0.15) is 4.98 Å². The van der Waals surface area contributed by atoms with Crippen molar-refractivity contribution in [1.29, 1.82) is 0 Å². The van der Waals surface area contributed by atoms with Crippen LogP contribution in [0.3, 0.4) is 0 Å². The van der Waals surface area contributed by atoms with Gasteiger partial charge in [0.1, 0.15) is 0 Å². The van der Waals surface area contributed by atoms with Crippen molar-refractivity contribution in [3.8, 4) is 5.75 Å². The second kappa shape index (κ2) is 9.03. The number of ether oxygens (including phenoxy) is 1. The molecule has 0 bridgehead atoms. The molecule has 3 heterocycles. The van der Waals surface area contributed by atoms with Crippen LogP contribution in [0, 0.1) is 0 Å².